The fourth-order valence-corrected chi connectivity index (χ4v) is 2.62. The number of benzene rings is 1. The van der Waals surface area contributed by atoms with Crippen molar-refractivity contribution in [1.82, 2.24) is 10.6 Å². The smallest absolute Gasteiger partial charge is 0.287 e. The van der Waals surface area contributed by atoms with Crippen molar-refractivity contribution >= 4 is 17.6 Å². The van der Waals surface area contributed by atoms with Crippen LogP contribution in [0, 0.1) is 6.92 Å². The van der Waals surface area contributed by atoms with Gasteiger partial charge in [-0.3, -0.25) is 9.79 Å². The minimum Gasteiger partial charge on any atom is -0.493 e. The summed E-state index contributed by atoms with van der Waals surface area (Å²) in [5, 5.41) is 9.30. The molecule has 29 heavy (non-hydrogen) atoms. The lowest BCUT2D eigenvalue weighted by Crippen LogP contribution is -2.31. The molecule has 0 bridgehead atoms. The van der Waals surface area contributed by atoms with Crippen molar-refractivity contribution in [3.8, 4) is 11.5 Å². The number of hydrogen-bond acceptors (Lipinski definition) is 5. The molecule has 0 radical (unpaired) electrons. The van der Waals surface area contributed by atoms with Crippen molar-refractivity contribution in [3.05, 3.63) is 41.9 Å². The first kappa shape index (κ1) is 22.1. The number of nitrogens with one attached hydrogen (secondary N) is 3. The minimum atomic E-state index is -0.206. The largest absolute Gasteiger partial charge is 0.493 e. The first-order valence-corrected chi connectivity index (χ1v) is 9.77. The van der Waals surface area contributed by atoms with Gasteiger partial charge in [0.2, 0.25) is 0 Å². The van der Waals surface area contributed by atoms with Crippen molar-refractivity contribution in [2.75, 3.05) is 38.7 Å². The van der Waals surface area contributed by atoms with Crippen LogP contribution in [0.4, 0.5) is 5.69 Å². The number of carbonyl (C=O) groups excluding carboxylic acids is 1. The second-order valence-electron chi connectivity index (χ2n) is 6.23. The van der Waals surface area contributed by atoms with Gasteiger partial charge in [0.25, 0.3) is 5.91 Å². The highest BCUT2D eigenvalue weighted by atomic mass is 16.5. The topological polar surface area (TPSA) is 97.1 Å². The Morgan fingerprint density at radius 2 is 2.00 bits per heavy atom. The van der Waals surface area contributed by atoms with E-state index >= 15 is 0 Å². The molecule has 0 atom stereocenters. The molecular formula is C21H30N4O4. The van der Waals surface area contributed by atoms with E-state index in [1.807, 2.05) is 39.0 Å². The van der Waals surface area contributed by atoms with Crippen LogP contribution < -0.4 is 25.4 Å². The number of furan rings is 1. The molecule has 3 N–H and O–H groups in total. The average molecular weight is 402 g/mol. The lowest BCUT2D eigenvalue weighted by molar-refractivity contribution is 0.0925. The summed E-state index contributed by atoms with van der Waals surface area (Å²) in [6.07, 6.45) is 2.22. The summed E-state index contributed by atoms with van der Waals surface area (Å²) in [6, 6.07) is 7.40. The summed E-state index contributed by atoms with van der Waals surface area (Å²) >= 11 is 0. The summed E-state index contributed by atoms with van der Waals surface area (Å²) in [5.41, 5.74) is 1.66. The molecule has 0 aliphatic carbocycles. The number of carbonyl (C=O) groups is 1. The van der Waals surface area contributed by atoms with Gasteiger partial charge in [-0.2, -0.15) is 0 Å². The van der Waals surface area contributed by atoms with Crippen molar-refractivity contribution in [2.45, 2.75) is 27.2 Å². The van der Waals surface area contributed by atoms with E-state index in [1.165, 1.54) is 6.26 Å². The SMILES string of the molecule is CCNC(=NCCCNC(=O)c1occc1C)Nc1ccc(OCC)c(OC)c1. The molecule has 0 spiro atoms. The number of ether oxygens (including phenoxy) is 2. The van der Waals surface area contributed by atoms with Crippen LogP contribution in [0.25, 0.3) is 0 Å². The van der Waals surface area contributed by atoms with Crippen LogP contribution >= 0.6 is 0 Å². The third-order valence-electron chi connectivity index (χ3n) is 4.03. The van der Waals surface area contributed by atoms with E-state index in [9.17, 15) is 4.79 Å². The molecule has 158 valence electrons. The van der Waals surface area contributed by atoms with E-state index in [4.69, 9.17) is 13.9 Å². The zero-order valence-electron chi connectivity index (χ0n) is 17.5. The van der Waals surface area contributed by atoms with Crippen LogP contribution in [-0.2, 0) is 0 Å². The van der Waals surface area contributed by atoms with Gasteiger partial charge in [-0.1, -0.05) is 0 Å². The molecule has 1 aromatic heterocycles. The van der Waals surface area contributed by atoms with Crippen molar-refractivity contribution < 1.29 is 18.7 Å². The third-order valence-corrected chi connectivity index (χ3v) is 4.03. The number of rotatable bonds is 10. The molecule has 0 unspecified atom stereocenters. The van der Waals surface area contributed by atoms with Gasteiger partial charge in [-0.25, -0.2) is 0 Å². The van der Waals surface area contributed by atoms with Gasteiger partial charge in [0.05, 0.1) is 20.0 Å². The van der Waals surface area contributed by atoms with Crippen LogP contribution in [0.3, 0.4) is 0 Å². The number of methoxy groups -OCH3 is 1. The Bertz CT molecular complexity index is 817. The van der Waals surface area contributed by atoms with Crippen LogP contribution in [0.5, 0.6) is 11.5 Å². The van der Waals surface area contributed by atoms with Crippen LogP contribution in [0.1, 0.15) is 36.4 Å². The summed E-state index contributed by atoms with van der Waals surface area (Å²) in [6.45, 7) is 8.14. The van der Waals surface area contributed by atoms with Crippen molar-refractivity contribution in [1.29, 1.82) is 0 Å². The number of anilines is 1. The summed E-state index contributed by atoms with van der Waals surface area (Å²) < 4.78 is 16.1. The molecule has 0 saturated heterocycles. The lowest BCUT2D eigenvalue weighted by atomic mass is 10.2. The number of amides is 1. The van der Waals surface area contributed by atoms with Gasteiger partial charge in [0, 0.05) is 37.0 Å². The number of hydrogen-bond donors (Lipinski definition) is 3. The molecule has 0 aliphatic rings. The maximum Gasteiger partial charge on any atom is 0.287 e. The maximum absolute atomic E-state index is 12.0. The van der Waals surface area contributed by atoms with Crippen molar-refractivity contribution in [3.63, 3.8) is 0 Å². The van der Waals surface area contributed by atoms with Gasteiger partial charge in [0.15, 0.2) is 23.2 Å². The Labute approximate surface area is 171 Å². The highest BCUT2D eigenvalue weighted by Crippen LogP contribution is 2.30. The first-order chi connectivity index (χ1) is 14.1. The average Bonchev–Trinajstić information content (AvgIpc) is 3.15. The van der Waals surface area contributed by atoms with E-state index < -0.39 is 0 Å². The maximum atomic E-state index is 12.0. The Hall–Kier alpha value is -3.16. The van der Waals surface area contributed by atoms with E-state index in [-0.39, 0.29) is 5.91 Å². The Morgan fingerprint density at radius 3 is 2.66 bits per heavy atom. The van der Waals surface area contributed by atoms with Crippen molar-refractivity contribution in [2.24, 2.45) is 4.99 Å². The fourth-order valence-electron chi connectivity index (χ4n) is 2.62. The van der Waals surface area contributed by atoms with Gasteiger partial charge in [-0.05, 0) is 45.4 Å². The second-order valence-corrected chi connectivity index (χ2v) is 6.23. The monoisotopic (exact) mass is 402 g/mol. The molecule has 0 saturated carbocycles. The predicted molar refractivity (Wildman–Crippen MR) is 114 cm³/mol. The molecule has 2 rings (SSSR count). The lowest BCUT2D eigenvalue weighted by Gasteiger charge is -2.14. The molecule has 1 amide bonds. The van der Waals surface area contributed by atoms with Crippen LogP contribution in [-0.4, -0.2) is 45.2 Å². The molecule has 8 nitrogen and oxygen atoms in total. The van der Waals surface area contributed by atoms with E-state index in [1.54, 1.807) is 13.2 Å². The van der Waals surface area contributed by atoms with Gasteiger partial charge >= 0.3 is 0 Å². The highest BCUT2D eigenvalue weighted by Gasteiger charge is 2.11. The van der Waals surface area contributed by atoms with E-state index in [0.29, 0.717) is 49.3 Å². The van der Waals surface area contributed by atoms with Gasteiger partial charge in [-0.15, -0.1) is 0 Å². The van der Waals surface area contributed by atoms with E-state index in [0.717, 1.165) is 17.8 Å². The molecule has 8 heteroatoms. The third kappa shape index (κ3) is 6.74. The predicted octanol–water partition coefficient (Wildman–Crippen LogP) is 3.19. The normalized spacial score (nSPS) is 11.1. The summed E-state index contributed by atoms with van der Waals surface area (Å²) in [5.74, 6) is 2.16. The van der Waals surface area contributed by atoms with Crippen LogP contribution in [0.2, 0.25) is 0 Å². The molecule has 0 aliphatic heterocycles. The van der Waals surface area contributed by atoms with E-state index in [2.05, 4.69) is 20.9 Å². The highest BCUT2D eigenvalue weighted by molar-refractivity contribution is 5.94. The number of guanidine groups is 1. The molecule has 2 aromatic rings. The summed E-state index contributed by atoms with van der Waals surface area (Å²) in [4.78, 5) is 16.6. The fraction of sp³-hybridized carbons (Fsp3) is 0.429. The Balaban J connectivity index is 1.87. The molecular weight excluding hydrogens is 372 g/mol. The minimum absolute atomic E-state index is 0.206. The van der Waals surface area contributed by atoms with Gasteiger partial charge in [0.1, 0.15) is 0 Å². The molecule has 1 aromatic carbocycles. The zero-order valence-corrected chi connectivity index (χ0v) is 17.5. The van der Waals surface area contributed by atoms with Gasteiger partial charge < -0.3 is 29.8 Å². The number of aryl methyl sites for hydroxylation is 1. The quantitative estimate of drug-likeness (QED) is 0.321. The first-order valence-electron chi connectivity index (χ1n) is 9.77. The zero-order chi connectivity index (χ0) is 21.1. The Kier molecular flexibility index (Phi) is 8.88. The standard InChI is InChI=1S/C21H30N4O4/c1-5-22-21(25-16-8-9-17(28-6-2)18(14-16)27-4)24-12-7-11-23-20(26)19-15(3)10-13-29-19/h8-10,13-14H,5-7,11-12H2,1-4H3,(H,23,26)(H2,22,24,25). The van der Waals surface area contributed by atoms with Crippen LogP contribution in [0.15, 0.2) is 39.9 Å². The molecule has 1 heterocycles. The number of nitrogens with zero attached hydrogens (tertiary/aromatic N) is 1. The second kappa shape index (κ2) is 11.6. The Morgan fingerprint density at radius 1 is 1.17 bits per heavy atom. The number of aliphatic imine (C=N–C) groups is 1. The molecule has 0 fully saturated rings. The summed E-state index contributed by atoms with van der Waals surface area (Å²) in [7, 11) is 1.61.